The number of furan rings is 1. The second-order valence-electron chi connectivity index (χ2n) is 1.31. The van der Waals surface area contributed by atoms with Crippen LogP contribution in [0.4, 0.5) is 0 Å². The first-order valence-corrected chi connectivity index (χ1v) is 2.08. The van der Waals surface area contributed by atoms with Crippen molar-refractivity contribution in [3.05, 3.63) is 17.9 Å². The Kier molecular flexibility index (Phi) is 1.09. The Labute approximate surface area is 48.1 Å². The molecule has 0 N–H and O–H groups in total. The summed E-state index contributed by atoms with van der Waals surface area (Å²) >= 11 is 0. The molecular weight excluding hydrogens is 101 g/mol. The van der Waals surface area contributed by atoms with Crippen LogP contribution in [0.5, 0.6) is 0 Å². The highest BCUT2D eigenvalue weighted by Gasteiger charge is 1.91. The van der Waals surface area contributed by atoms with Gasteiger partial charge in [0, 0.05) is 5.66 Å². The van der Waals surface area contributed by atoms with Crippen LogP contribution in [-0.4, -0.2) is 7.85 Å². The van der Waals surface area contributed by atoms with E-state index in [9.17, 15) is 0 Å². The molecule has 1 rings (SSSR count). The van der Waals surface area contributed by atoms with Gasteiger partial charge in [0.05, 0.1) is 0 Å². The van der Waals surface area contributed by atoms with E-state index >= 15 is 0 Å². The molecule has 0 saturated heterocycles. The van der Waals surface area contributed by atoms with E-state index in [2.05, 4.69) is 4.42 Å². The molecule has 0 bridgehead atoms. The highest BCUT2D eigenvalue weighted by Crippen LogP contribution is 1.91. The average molecular weight is 103 g/mol. The van der Waals surface area contributed by atoms with E-state index in [1.807, 2.05) is 0 Å². The second kappa shape index (κ2) is 1.75. The van der Waals surface area contributed by atoms with Gasteiger partial charge in [-0.25, -0.2) is 0 Å². The highest BCUT2D eigenvalue weighted by atomic mass is 16.3. The van der Waals surface area contributed by atoms with Crippen LogP contribution in [0, 0.1) is 11.3 Å². The van der Waals surface area contributed by atoms with Crippen LogP contribution in [0.15, 0.2) is 16.5 Å². The van der Waals surface area contributed by atoms with Crippen LogP contribution in [0.1, 0.15) is 5.76 Å². The first-order chi connectivity index (χ1) is 3.83. The van der Waals surface area contributed by atoms with Gasteiger partial charge in [-0.3, -0.25) is 0 Å². The lowest BCUT2D eigenvalue weighted by molar-refractivity contribution is 0.586. The predicted octanol–water partition coefficient (Wildman–Crippen LogP) is -0.0549. The molecule has 8 heavy (non-hydrogen) atoms. The van der Waals surface area contributed by atoms with Crippen molar-refractivity contribution in [2.24, 2.45) is 0 Å². The van der Waals surface area contributed by atoms with Crippen molar-refractivity contribution in [2.75, 3.05) is 0 Å². The number of hydrogen-bond acceptors (Lipinski definition) is 2. The lowest BCUT2D eigenvalue weighted by Crippen LogP contribution is -1.93. The fourth-order valence-electron chi connectivity index (χ4n) is 0.413. The normalized spacial score (nSPS) is 8.38. The molecule has 0 aliphatic rings. The first kappa shape index (κ1) is 4.98. The molecule has 1 aromatic rings. The Hall–Kier alpha value is -1.17. The molecule has 1 aromatic heterocycles. The number of nitriles is 1. The molecule has 0 aliphatic carbocycles. The topological polar surface area (TPSA) is 36.9 Å². The Morgan fingerprint density at radius 1 is 1.62 bits per heavy atom. The molecule has 0 spiro atoms. The lowest BCUT2D eigenvalue weighted by atomic mass is 10.1. The van der Waals surface area contributed by atoms with Gasteiger partial charge in [-0.15, -0.1) is 0 Å². The van der Waals surface area contributed by atoms with Crippen molar-refractivity contribution in [1.29, 1.82) is 5.26 Å². The van der Waals surface area contributed by atoms with Gasteiger partial charge in [0.1, 0.15) is 6.07 Å². The quantitative estimate of drug-likeness (QED) is 0.431. The maximum Gasteiger partial charge on any atom is 0.202 e. The van der Waals surface area contributed by atoms with Crippen molar-refractivity contribution in [3.63, 3.8) is 0 Å². The molecule has 2 nitrogen and oxygen atoms in total. The van der Waals surface area contributed by atoms with Crippen molar-refractivity contribution >= 4 is 13.5 Å². The van der Waals surface area contributed by atoms with Crippen molar-refractivity contribution < 1.29 is 4.42 Å². The summed E-state index contributed by atoms with van der Waals surface area (Å²) in [6.45, 7) is 0. The van der Waals surface area contributed by atoms with Gasteiger partial charge in [-0.2, -0.15) is 5.26 Å². The number of hydrogen-bond donors (Lipinski definition) is 0. The van der Waals surface area contributed by atoms with E-state index in [1.54, 1.807) is 12.1 Å². The monoisotopic (exact) mass is 103 g/mol. The van der Waals surface area contributed by atoms with Crippen LogP contribution in [0.2, 0.25) is 0 Å². The average Bonchev–Trinajstić information content (AvgIpc) is 2.14. The van der Waals surface area contributed by atoms with Crippen LogP contribution < -0.4 is 5.66 Å². The summed E-state index contributed by atoms with van der Waals surface area (Å²) in [5, 5.41) is 8.15. The minimum absolute atomic E-state index is 0.252. The van der Waals surface area contributed by atoms with Crippen molar-refractivity contribution in [1.82, 2.24) is 0 Å². The maximum atomic E-state index is 8.15. The summed E-state index contributed by atoms with van der Waals surface area (Å²) in [5.74, 6) is 0.252. The SMILES string of the molecule is [B]c1ccc(C#N)o1. The fourth-order valence-corrected chi connectivity index (χ4v) is 0.413. The minimum Gasteiger partial charge on any atom is -0.462 e. The molecule has 3 heteroatoms. The minimum atomic E-state index is 0.252. The zero-order valence-corrected chi connectivity index (χ0v) is 4.09. The summed E-state index contributed by atoms with van der Waals surface area (Å²) < 4.78 is 4.65. The van der Waals surface area contributed by atoms with Gasteiger partial charge in [0.25, 0.3) is 0 Å². The molecule has 0 unspecified atom stereocenters. The lowest BCUT2D eigenvalue weighted by Gasteiger charge is -1.74. The summed E-state index contributed by atoms with van der Waals surface area (Å²) in [7, 11) is 5.14. The number of nitrogens with zero attached hydrogens (tertiary/aromatic N) is 1. The van der Waals surface area contributed by atoms with E-state index in [0.717, 1.165) is 0 Å². The van der Waals surface area contributed by atoms with E-state index in [1.165, 1.54) is 6.07 Å². The van der Waals surface area contributed by atoms with Crippen LogP contribution in [-0.2, 0) is 0 Å². The third-order valence-corrected chi connectivity index (χ3v) is 0.737. The van der Waals surface area contributed by atoms with Crippen LogP contribution in [0.25, 0.3) is 0 Å². The van der Waals surface area contributed by atoms with Gasteiger partial charge in [0.15, 0.2) is 7.85 Å². The zero-order valence-electron chi connectivity index (χ0n) is 4.09. The Morgan fingerprint density at radius 3 is 2.62 bits per heavy atom. The number of rotatable bonds is 0. The van der Waals surface area contributed by atoms with E-state index in [0.29, 0.717) is 0 Å². The van der Waals surface area contributed by atoms with E-state index in [4.69, 9.17) is 13.1 Å². The zero-order chi connectivity index (χ0) is 5.98. The van der Waals surface area contributed by atoms with E-state index < -0.39 is 0 Å². The molecule has 36 valence electrons. The molecule has 0 aliphatic heterocycles. The fraction of sp³-hybridized carbons (Fsp3) is 0. The summed E-state index contributed by atoms with van der Waals surface area (Å²) in [4.78, 5) is 0. The Morgan fingerprint density at radius 2 is 2.38 bits per heavy atom. The molecular formula is C5H2BNO. The highest BCUT2D eigenvalue weighted by molar-refractivity contribution is 6.29. The standard InChI is InChI=1S/C5H2BNO/c6-5-2-1-4(3-7)8-5/h1-2H. The largest absolute Gasteiger partial charge is 0.462 e. The molecule has 0 amide bonds. The van der Waals surface area contributed by atoms with Crippen LogP contribution >= 0.6 is 0 Å². The molecule has 1 heterocycles. The third kappa shape index (κ3) is 0.735. The van der Waals surface area contributed by atoms with Gasteiger partial charge in [0.2, 0.25) is 5.76 Å². The molecule has 0 aromatic carbocycles. The summed E-state index contributed by atoms with van der Waals surface area (Å²) in [5.41, 5.74) is 0.279. The molecule has 2 radical (unpaired) electrons. The van der Waals surface area contributed by atoms with Crippen LogP contribution in [0.3, 0.4) is 0 Å². The van der Waals surface area contributed by atoms with Crippen molar-refractivity contribution in [3.8, 4) is 6.07 Å². The molecule has 0 fully saturated rings. The van der Waals surface area contributed by atoms with Gasteiger partial charge in [-0.1, -0.05) is 0 Å². The molecule has 0 atom stereocenters. The maximum absolute atomic E-state index is 8.15. The predicted molar refractivity (Wildman–Crippen MR) is 28.8 cm³/mol. The second-order valence-corrected chi connectivity index (χ2v) is 1.31. The van der Waals surface area contributed by atoms with Gasteiger partial charge < -0.3 is 4.42 Å². The smallest absolute Gasteiger partial charge is 0.202 e. The van der Waals surface area contributed by atoms with E-state index in [-0.39, 0.29) is 11.4 Å². The Balaban J connectivity index is 3.05. The Bertz CT molecular complexity index is 223. The van der Waals surface area contributed by atoms with Crippen molar-refractivity contribution in [2.45, 2.75) is 0 Å². The molecule has 0 saturated carbocycles. The first-order valence-electron chi connectivity index (χ1n) is 2.08. The van der Waals surface area contributed by atoms with Gasteiger partial charge >= 0.3 is 0 Å². The van der Waals surface area contributed by atoms with Gasteiger partial charge in [-0.05, 0) is 12.1 Å². The summed E-state index contributed by atoms with van der Waals surface area (Å²) in [6, 6.07) is 4.86. The summed E-state index contributed by atoms with van der Waals surface area (Å²) in [6.07, 6.45) is 0. The third-order valence-electron chi connectivity index (χ3n) is 0.737.